The number of aromatic nitrogens is 1. The molecule has 2 N–H and O–H groups in total. The Hall–Kier alpha value is -2.00. The number of fused-ring (bicyclic) bond motifs is 1. The normalized spacial score (nSPS) is 21.2. The SMILES string of the molecule is CC(=O)OCC1CSC(c2cc3cc(S(C)(=O)=O)cc(C4(C)CCCC4)c3n2N)=N1. The van der Waals surface area contributed by atoms with E-state index in [2.05, 4.69) is 11.9 Å². The fraction of sp³-hybridized carbons (Fsp3) is 0.524. The average Bonchev–Trinajstić information content (AvgIpc) is 3.38. The van der Waals surface area contributed by atoms with Gasteiger partial charge in [0.15, 0.2) is 9.84 Å². The Morgan fingerprint density at radius 3 is 2.67 bits per heavy atom. The van der Waals surface area contributed by atoms with E-state index in [-0.39, 0.29) is 24.0 Å². The van der Waals surface area contributed by atoms with Crippen LogP contribution < -0.4 is 5.84 Å². The summed E-state index contributed by atoms with van der Waals surface area (Å²) in [4.78, 5) is 16.1. The number of aliphatic imine (C=N–C) groups is 1. The summed E-state index contributed by atoms with van der Waals surface area (Å²) in [6.45, 7) is 3.83. The van der Waals surface area contributed by atoms with Crippen molar-refractivity contribution >= 4 is 43.5 Å². The molecular weight excluding hydrogens is 422 g/mol. The van der Waals surface area contributed by atoms with Crippen molar-refractivity contribution in [2.24, 2.45) is 4.99 Å². The van der Waals surface area contributed by atoms with Crippen LogP contribution in [0, 0.1) is 0 Å². The monoisotopic (exact) mass is 449 g/mol. The second-order valence-corrected chi connectivity index (χ2v) is 11.6. The molecule has 162 valence electrons. The minimum atomic E-state index is -3.35. The maximum Gasteiger partial charge on any atom is 0.302 e. The van der Waals surface area contributed by atoms with Crippen LogP contribution in [-0.2, 0) is 24.8 Å². The van der Waals surface area contributed by atoms with Crippen molar-refractivity contribution < 1.29 is 17.9 Å². The predicted octanol–water partition coefficient (Wildman–Crippen LogP) is 3.02. The van der Waals surface area contributed by atoms with Gasteiger partial charge in [-0.1, -0.05) is 19.8 Å². The zero-order chi connectivity index (χ0) is 21.7. The Balaban J connectivity index is 1.83. The highest BCUT2D eigenvalue weighted by Crippen LogP contribution is 2.44. The number of thioether (sulfide) groups is 1. The lowest BCUT2D eigenvalue weighted by molar-refractivity contribution is -0.141. The molecule has 1 aliphatic carbocycles. The number of carbonyl (C=O) groups is 1. The third kappa shape index (κ3) is 3.85. The predicted molar refractivity (Wildman–Crippen MR) is 120 cm³/mol. The van der Waals surface area contributed by atoms with Gasteiger partial charge >= 0.3 is 5.97 Å². The summed E-state index contributed by atoms with van der Waals surface area (Å²) < 4.78 is 31.5. The van der Waals surface area contributed by atoms with Crippen LogP contribution in [0.1, 0.15) is 50.8 Å². The molecule has 1 unspecified atom stereocenters. The summed E-state index contributed by atoms with van der Waals surface area (Å²) in [6.07, 6.45) is 5.51. The Labute approximate surface area is 180 Å². The molecule has 0 spiro atoms. The number of hydrogen-bond donors (Lipinski definition) is 1. The van der Waals surface area contributed by atoms with Gasteiger partial charge in [-0.2, -0.15) is 0 Å². The van der Waals surface area contributed by atoms with Crippen molar-refractivity contribution in [1.29, 1.82) is 0 Å². The zero-order valence-corrected chi connectivity index (χ0v) is 19.1. The molecule has 0 radical (unpaired) electrons. The largest absolute Gasteiger partial charge is 0.464 e. The topological polar surface area (TPSA) is 104 Å². The molecule has 1 aromatic heterocycles. The Kier molecular flexibility index (Phi) is 5.38. The van der Waals surface area contributed by atoms with Crippen LogP contribution in [0.15, 0.2) is 28.1 Å². The van der Waals surface area contributed by atoms with Gasteiger partial charge in [0.25, 0.3) is 0 Å². The lowest BCUT2D eigenvalue weighted by Crippen LogP contribution is -2.22. The molecule has 2 aliphatic rings. The van der Waals surface area contributed by atoms with E-state index in [9.17, 15) is 13.2 Å². The lowest BCUT2D eigenvalue weighted by Gasteiger charge is -2.26. The number of benzene rings is 1. The second kappa shape index (κ2) is 7.60. The van der Waals surface area contributed by atoms with Crippen molar-refractivity contribution in [2.45, 2.75) is 55.9 Å². The fourth-order valence-corrected chi connectivity index (χ4v) is 6.19. The van der Waals surface area contributed by atoms with Gasteiger partial charge in [-0.05, 0) is 42.0 Å². The van der Waals surface area contributed by atoms with Crippen LogP contribution in [0.5, 0.6) is 0 Å². The maximum absolute atomic E-state index is 12.4. The van der Waals surface area contributed by atoms with E-state index >= 15 is 0 Å². The summed E-state index contributed by atoms with van der Waals surface area (Å²) >= 11 is 1.57. The molecule has 0 bridgehead atoms. The first kappa shape index (κ1) is 21.2. The number of nitrogen functional groups attached to an aromatic ring is 1. The third-order valence-corrected chi connectivity index (χ3v) is 8.33. The van der Waals surface area contributed by atoms with Crippen LogP contribution in [0.3, 0.4) is 0 Å². The number of esters is 1. The van der Waals surface area contributed by atoms with Gasteiger partial charge in [-0.3, -0.25) is 14.5 Å². The Morgan fingerprint density at radius 2 is 2.03 bits per heavy atom. The van der Waals surface area contributed by atoms with Crippen LogP contribution in [-0.4, -0.2) is 48.8 Å². The minimum Gasteiger partial charge on any atom is -0.464 e. The molecule has 1 atom stereocenters. The first-order chi connectivity index (χ1) is 14.1. The highest BCUT2D eigenvalue weighted by Gasteiger charge is 2.35. The van der Waals surface area contributed by atoms with E-state index in [1.807, 2.05) is 12.1 Å². The number of nitrogens with two attached hydrogens (primary N) is 1. The third-order valence-electron chi connectivity index (χ3n) is 6.10. The zero-order valence-electron chi connectivity index (χ0n) is 17.5. The van der Waals surface area contributed by atoms with Crippen LogP contribution in [0.4, 0.5) is 0 Å². The summed E-state index contributed by atoms with van der Waals surface area (Å²) in [6, 6.07) is 5.33. The Bertz CT molecular complexity index is 1140. The number of rotatable bonds is 5. The molecule has 2 heterocycles. The number of nitrogens with zero attached hydrogens (tertiary/aromatic N) is 2. The van der Waals surface area contributed by atoms with Gasteiger partial charge < -0.3 is 10.6 Å². The quantitative estimate of drug-likeness (QED) is 0.556. The van der Waals surface area contributed by atoms with Gasteiger partial charge in [-0.15, -0.1) is 11.8 Å². The van der Waals surface area contributed by atoms with Crippen LogP contribution in [0.25, 0.3) is 10.9 Å². The molecule has 1 saturated carbocycles. The summed E-state index contributed by atoms with van der Waals surface area (Å²) in [5.74, 6) is 6.95. The first-order valence-corrected chi connectivity index (χ1v) is 13.0. The molecule has 9 heteroatoms. The molecule has 2 aromatic rings. The number of hydrogen-bond acceptors (Lipinski definition) is 7. The van der Waals surface area contributed by atoms with Crippen molar-refractivity contribution in [3.63, 3.8) is 0 Å². The van der Waals surface area contributed by atoms with Gasteiger partial charge in [0.1, 0.15) is 11.7 Å². The fourth-order valence-electron chi connectivity index (χ4n) is 4.46. The van der Waals surface area contributed by atoms with Crippen LogP contribution >= 0.6 is 11.8 Å². The van der Waals surface area contributed by atoms with Crippen molar-refractivity contribution in [1.82, 2.24) is 4.68 Å². The molecule has 30 heavy (non-hydrogen) atoms. The average molecular weight is 450 g/mol. The van der Waals surface area contributed by atoms with Crippen LogP contribution in [0.2, 0.25) is 0 Å². The van der Waals surface area contributed by atoms with Gasteiger partial charge in [0.2, 0.25) is 0 Å². The molecule has 1 aliphatic heterocycles. The van der Waals surface area contributed by atoms with Gasteiger partial charge in [0.05, 0.1) is 22.1 Å². The van der Waals surface area contributed by atoms with Gasteiger partial charge in [0, 0.05) is 24.3 Å². The van der Waals surface area contributed by atoms with Gasteiger partial charge in [-0.25, -0.2) is 8.42 Å². The van der Waals surface area contributed by atoms with E-state index < -0.39 is 9.84 Å². The summed E-state index contributed by atoms with van der Waals surface area (Å²) in [7, 11) is -3.35. The van der Waals surface area contributed by atoms with E-state index in [4.69, 9.17) is 10.6 Å². The second-order valence-electron chi connectivity index (χ2n) is 8.55. The van der Waals surface area contributed by atoms with Crippen molar-refractivity contribution in [2.75, 3.05) is 24.5 Å². The smallest absolute Gasteiger partial charge is 0.302 e. The maximum atomic E-state index is 12.4. The van der Waals surface area contributed by atoms with Crippen molar-refractivity contribution in [3.05, 3.63) is 29.5 Å². The highest BCUT2D eigenvalue weighted by molar-refractivity contribution is 8.14. The standard InChI is InChI=1S/C21H27N3O4S2/c1-13(25)28-11-15-12-29-20(23-15)18-9-14-8-16(30(3,26)27)10-17(19(14)24(18)22)21(2)6-4-5-7-21/h8-10,15H,4-7,11-12,22H2,1-3H3. The van der Waals surface area contributed by atoms with E-state index in [0.717, 1.165) is 52.9 Å². The molecule has 1 aromatic carbocycles. The number of sulfone groups is 1. The molecule has 7 nitrogen and oxygen atoms in total. The summed E-state index contributed by atoms with van der Waals surface area (Å²) in [5, 5.41) is 1.60. The van der Waals surface area contributed by atoms with Crippen molar-refractivity contribution in [3.8, 4) is 0 Å². The van der Waals surface area contributed by atoms with E-state index in [0.29, 0.717) is 10.6 Å². The molecule has 4 rings (SSSR count). The highest BCUT2D eigenvalue weighted by atomic mass is 32.2. The first-order valence-electron chi connectivity index (χ1n) is 10.1. The molecule has 0 saturated heterocycles. The molecule has 0 amide bonds. The number of carbonyl (C=O) groups excluding carboxylic acids is 1. The minimum absolute atomic E-state index is 0.103. The van der Waals surface area contributed by atoms with E-state index in [1.165, 1.54) is 13.2 Å². The summed E-state index contributed by atoms with van der Waals surface area (Å²) in [5.41, 5.74) is 2.52. The molecule has 1 fully saturated rings. The Morgan fingerprint density at radius 1 is 1.33 bits per heavy atom. The van der Waals surface area contributed by atoms with E-state index in [1.54, 1.807) is 22.5 Å². The lowest BCUT2D eigenvalue weighted by atomic mass is 9.80. The number of ether oxygens (including phenoxy) is 1. The molecular formula is C21H27N3O4S2.